The van der Waals surface area contributed by atoms with Gasteiger partial charge in [-0.15, -0.1) is 0 Å². The van der Waals surface area contributed by atoms with Gasteiger partial charge in [-0.05, 0) is 48.5 Å². The largest absolute Gasteiger partial charge is 0.410 e. The van der Waals surface area contributed by atoms with Crippen molar-refractivity contribution in [2.45, 2.75) is 85.0 Å². The highest BCUT2D eigenvalue weighted by molar-refractivity contribution is 6.73. The lowest BCUT2D eigenvalue weighted by Crippen LogP contribution is -2.37. The van der Waals surface area contributed by atoms with Crippen LogP contribution in [0.1, 0.15) is 72.5 Å². The number of hydrogen-bond acceptors (Lipinski definition) is 1. The molecule has 1 nitrogen and oxygen atoms in total. The minimum absolute atomic E-state index is 0.229. The molecule has 0 fully saturated rings. The Balaban J connectivity index is 3.07. The van der Waals surface area contributed by atoms with Gasteiger partial charge in [0, 0.05) is 10.6 Å². The molecule has 0 aromatic heterocycles. The Labute approximate surface area is 154 Å². The van der Waals surface area contributed by atoms with Gasteiger partial charge in [0.2, 0.25) is 0 Å². The van der Waals surface area contributed by atoms with E-state index in [0.717, 1.165) is 37.4 Å². The molecule has 1 aromatic carbocycles. The molecule has 0 bridgehead atoms. The van der Waals surface area contributed by atoms with Gasteiger partial charge in [0.1, 0.15) is 5.82 Å². The summed E-state index contributed by atoms with van der Waals surface area (Å²) >= 11 is 6.35. The Bertz CT molecular complexity index is 480. The zero-order chi connectivity index (χ0) is 18.4. The Kier molecular flexibility index (Phi) is 8.44. The Morgan fingerprint density at radius 1 is 1.12 bits per heavy atom. The summed E-state index contributed by atoms with van der Waals surface area (Å²) in [6, 6.07) is 8.10. The first kappa shape index (κ1) is 21.7. The van der Waals surface area contributed by atoms with E-state index in [9.17, 15) is 4.39 Å². The van der Waals surface area contributed by atoms with E-state index in [0.29, 0.717) is 10.6 Å². The second kappa shape index (κ2) is 9.35. The van der Waals surface area contributed by atoms with Crippen LogP contribution in [-0.4, -0.2) is 8.32 Å². The van der Waals surface area contributed by atoms with Crippen LogP contribution < -0.4 is 0 Å². The summed E-state index contributed by atoms with van der Waals surface area (Å²) in [6.07, 6.45) is 2.71. The Morgan fingerprint density at radius 2 is 1.71 bits per heavy atom. The average molecular weight is 373 g/mol. The Morgan fingerprint density at radius 3 is 2.17 bits per heavy atom. The number of rotatable bonds is 9. The summed E-state index contributed by atoms with van der Waals surface area (Å²) in [5, 5.41) is 0.488. The second-order valence-corrected chi connectivity index (χ2v) is 13.1. The zero-order valence-corrected chi connectivity index (χ0v) is 18.0. The predicted molar refractivity (Wildman–Crippen MR) is 106 cm³/mol. The van der Waals surface area contributed by atoms with Gasteiger partial charge in [0.05, 0.1) is 6.10 Å². The van der Waals surface area contributed by atoms with E-state index in [1.165, 1.54) is 6.07 Å². The monoisotopic (exact) mass is 372 g/mol. The number of benzene rings is 1. The zero-order valence-electron chi connectivity index (χ0n) is 16.2. The average Bonchev–Trinajstić information content (AvgIpc) is 2.51. The van der Waals surface area contributed by atoms with Crippen LogP contribution in [0.4, 0.5) is 4.39 Å². The third-order valence-corrected chi connectivity index (χ3v) is 10.0. The molecule has 4 heteroatoms. The molecule has 0 N–H and O–H groups in total. The van der Waals surface area contributed by atoms with Crippen LogP contribution in [0.25, 0.3) is 0 Å². The Hall–Kier alpha value is -0.383. The van der Waals surface area contributed by atoms with E-state index >= 15 is 0 Å². The third kappa shape index (κ3) is 6.16. The van der Waals surface area contributed by atoms with Gasteiger partial charge in [0.25, 0.3) is 0 Å². The molecule has 0 aliphatic carbocycles. The highest BCUT2D eigenvalue weighted by Crippen LogP contribution is 2.38. The fraction of sp³-hybridized carbons (Fsp3) is 0.700. The van der Waals surface area contributed by atoms with Crippen LogP contribution >= 0.6 is 11.6 Å². The normalized spacial score (nSPS) is 14.0. The molecule has 138 valence electrons. The van der Waals surface area contributed by atoms with Gasteiger partial charge >= 0.3 is 0 Å². The fourth-order valence-corrected chi connectivity index (χ4v) is 6.32. The maximum Gasteiger partial charge on any atom is 0.192 e. The highest BCUT2D eigenvalue weighted by Gasteiger charge is 2.34. The van der Waals surface area contributed by atoms with Crippen LogP contribution in [0.5, 0.6) is 0 Å². The van der Waals surface area contributed by atoms with Crippen LogP contribution in [0, 0.1) is 11.2 Å². The van der Waals surface area contributed by atoms with Crippen molar-refractivity contribution in [3.8, 4) is 0 Å². The first-order chi connectivity index (χ1) is 11.2. The molecule has 1 aromatic rings. The predicted octanol–water partition coefficient (Wildman–Crippen LogP) is 7.76. The van der Waals surface area contributed by atoms with E-state index in [1.807, 2.05) is 0 Å². The van der Waals surface area contributed by atoms with E-state index < -0.39 is 8.32 Å². The van der Waals surface area contributed by atoms with Gasteiger partial charge in [-0.1, -0.05) is 65.6 Å². The summed E-state index contributed by atoms with van der Waals surface area (Å²) in [4.78, 5) is 0. The van der Waals surface area contributed by atoms with E-state index in [2.05, 4.69) is 41.5 Å². The van der Waals surface area contributed by atoms with Crippen molar-refractivity contribution in [1.82, 2.24) is 0 Å². The first-order valence-electron chi connectivity index (χ1n) is 9.29. The third-order valence-electron chi connectivity index (χ3n) is 5.04. The fourth-order valence-electron chi connectivity index (χ4n) is 3.20. The summed E-state index contributed by atoms with van der Waals surface area (Å²) in [5.41, 5.74) is 0.832. The van der Waals surface area contributed by atoms with Gasteiger partial charge in [0.15, 0.2) is 8.32 Å². The maximum atomic E-state index is 14.5. The highest BCUT2D eigenvalue weighted by atomic mass is 35.5. The van der Waals surface area contributed by atoms with Gasteiger partial charge < -0.3 is 4.43 Å². The molecule has 24 heavy (non-hydrogen) atoms. The van der Waals surface area contributed by atoms with Gasteiger partial charge in [-0.25, -0.2) is 4.39 Å². The molecule has 0 aliphatic heterocycles. The quantitative estimate of drug-likeness (QED) is 0.402. The molecular weight excluding hydrogens is 339 g/mol. The van der Waals surface area contributed by atoms with Crippen molar-refractivity contribution in [3.05, 3.63) is 34.6 Å². The molecule has 0 saturated carbocycles. The minimum Gasteiger partial charge on any atom is -0.410 e. The molecule has 0 radical (unpaired) electrons. The lowest BCUT2D eigenvalue weighted by Gasteiger charge is -2.34. The standard InChI is InChI=1S/C20H34ClFOSi/c1-7-24(8-2,9-3)23-18(14-11-15-20(4,5)6)19-16(21)12-10-13-17(19)22/h10,12-13,18H,7-9,11,14-15H2,1-6H3. The topological polar surface area (TPSA) is 9.23 Å². The maximum absolute atomic E-state index is 14.5. The molecule has 1 rings (SSSR count). The van der Waals surface area contributed by atoms with Crippen molar-refractivity contribution in [2.75, 3.05) is 0 Å². The summed E-state index contributed by atoms with van der Waals surface area (Å²) in [6.45, 7) is 13.3. The molecular formula is C20H34ClFOSi. The van der Waals surface area contributed by atoms with Crippen LogP contribution in [0.2, 0.25) is 23.2 Å². The lowest BCUT2D eigenvalue weighted by atomic mass is 9.88. The molecule has 0 aliphatic rings. The summed E-state index contributed by atoms with van der Waals surface area (Å²) in [7, 11) is -1.83. The van der Waals surface area contributed by atoms with Crippen molar-refractivity contribution >= 4 is 19.9 Å². The lowest BCUT2D eigenvalue weighted by molar-refractivity contribution is 0.165. The molecule has 0 amide bonds. The summed E-state index contributed by atoms with van der Waals surface area (Å²) in [5.74, 6) is -0.241. The number of halogens is 2. The number of hydrogen-bond donors (Lipinski definition) is 0. The van der Waals surface area contributed by atoms with Crippen molar-refractivity contribution in [2.24, 2.45) is 5.41 Å². The van der Waals surface area contributed by atoms with Crippen molar-refractivity contribution < 1.29 is 8.82 Å². The molecule has 1 unspecified atom stereocenters. The first-order valence-corrected chi connectivity index (χ1v) is 12.2. The van der Waals surface area contributed by atoms with Crippen LogP contribution in [0.3, 0.4) is 0 Å². The van der Waals surface area contributed by atoms with E-state index in [4.69, 9.17) is 16.0 Å². The summed E-state index contributed by atoms with van der Waals surface area (Å²) < 4.78 is 21.2. The van der Waals surface area contributed by atoms with Crippen LogP contribution in [0.15, 0.2) is 18.2 Å². The molecule has 0 heterocycles. The minimum atomic E-state index is -1.83. The van der Waals surface area contributed by atoms with Gasteiger partial charge in [-0.3, -0.25) is 0 Å². The van der Waals surface area contributed by atoms with E-state index in [1.54, 1.807) is 12.1 Å². The smallest absolute Gasteiger partial charge is 0.192 e. The van der Waals surface area contributed by atoms with Crippen LogP contribution in [-0.2, 0) is 4.43 Å². The van der Waals surface area contributed by atoms with E-state index in [-0.39, 0.29) is 17.3 Å². The van der Waals surface area contributed by atoms with Crippen molar-refractivity contribution in [1.29, 1.82) is 0 Å². The molecule has 0 spiro atoms. The SMILES string of the molecule is CC[Si](CC)(CC)OC(CCCC(C)(C)C)c1c(F)cccc1Cl. The molecule has 1 atom stereocenters. The second-order valence-electron chi connectivity index (χ2n) is 7.94. The molecule has 0 saturated heterocycles. The van der Waals surface area contributed by atoms with Crippen molar-refractivity contribution in [3.63, 3.8) is 0 Å². The van der Waals surface area contributed by atoms with Gasteiger partial charge in [-0.2, -0.15) is 0 Å².